The number of sulfonamides is 1. The van der Waals surface area contributed by atoms with Crippen molar-refractivity contribution in [1.82, 2.24) is 5.32 Å². The summed E-state index contributed by atoms with van der Waals surface area (Å²) in [4.78, 5) is 12.1. The van der Waals surface area contributed by atoms with Crippen LogP contribution in [-0.2, 0) is 14.8 Å². The first-order valence-corrected chi connectivity index (χ1v) is 12.0. The minimum atomic E-state index is -3.43. The number of aryl methyl sites for hydroxylation is 2. The lowest BCUT2D eigenvalue weighted by atomic mass is 10.1. The number of anilines is 1. The molecule has 2 rings (SSSR count). The third-order valence-electron chi connectivity index (χ3n) is 5.25. The molecule has 6 nitrogen and oxygen atoms in total. The van der Waals surface area contributed by atoms with E-state index in [-0.39, 0.29) is 18.9 Å². The Bertz CT molecular complexity index is 987. The molecule has 0 aliphatic rings. The second-order valence-corrected chi connectivity index (χ2v) is 9.46. The lowest BCUT2D eigenvalue weighted by Crippen LogP contribution is -2.33. The van der Waals surface area contributed by atoms with Gasteiger partial charge in [-0.2, -0.15) is 0 Å². The maximum atomic E-state index is 12.3. The molecule has 7 heteroatoms. The maximum Gasteiger partial charge on any atom is 0.232 e. The van der Waals surface area contributed by atoms with Crippen molar-refractivity contribution in [2.45, 2.75) is 40.5 Å². The zero-order chi connectivity index (χ0) is 22.3. The molecule has 0 radical (unpaired) electrons. The molecule has 0 aliphatic heterocycles. The maximum absolute atomic E-state index is 12.3. The quantitative estimate of drug-likeness (QED) is 0.582. The average Bonchev–Trinajstić information content (AvgIpc) is 2.67. The van der Waals surface area contributed by atoms with E-state index < -0.39 is 10.0 Å². The zero-order valence-electron chi connectivity index (χ0n) is 18.5. The van der Waals surface area contributed by atoms with Gasteiger partial charge in [-0.15, -0.1) is 0 Å². The number of nitrogens with zero attached hydrogens (tertiary/aromatic N) is 1. The van der Waals surface area contributed by atoms with E-state index in [1.807, 2.05) is 58.0 Å². The fourth-order valence-corrected chi connectivity index (χ4v) is 4.19. The van der Waals surface area contributed by atoms with Gasteiger partial charge in [-0.25, -0.2) is 8.42 Å². The summed E-state index contributed by atoms with van der Waals surface area (Å²) in [5, 5.41) is 2.83. The van der Waals surface area contributed by atoms with E-state index in [1.54, 1.807) is 6.07 Å². The third-order valence-corrected chi connectivity index (χ3v) is 6.43. The molecule has 0 aliphatic carbocycles. The van der Waals surface area contributed by atoms with Crippen molar-refractivity contribution in [1.29, 1.82) is 0 Å². The van der Waals surface area contributed by atoms with Gasteiger partial charge in [0.25, 0.3) is 0 Å². The van der Waals surface area contributed by atoms with Crippen LogP contribution in [0.25, 0.3) is 0 Å². The number of carbonyl (C=O) groups is 1. The zero-order valence-corrected chi connectivity index (χ0v) is 19.3. The highest BCUT2D eigenvalue weighted by atomic mass is 32.2. The Balaban J connectivity index is 1.82. The van der Waals surface area contributed by atoms with Gasteiger partial charge in [-0.05, 0) is 68.5 Å². The Morgan fingerprint density at radius 2 is 1.63 bits per heavy atom. The van der Waals surface area contributed by atoms with Crippen LogP contribution in [0.5, 0.6) is 5.75 Å². The SMILES string of the molecule is Cc1cccc(OCCNC(=O)CCCN(c2cccc(C)c2C)S(C)(=O)=O)c1C. The molecule has 0 saturated carbocycles. The second-order valence-electron chi connectivity index (χ2n) is 7.55. The normalized spacial score (nSPS) is 11.2. The van der Waals surface area contributed by atoms with Crippen LogP contribution in [0.3, 0.4) is 0 Å². The van der Waals surface area contributed by atoms with Crippen LogP contribution in [0.1, 0.15) is 35.1 Å². The number of carbonyl (C=O) groups excluding carboxylic acids is 1. The summed E-state index contributed by atoms with van der Waals surface area (Å²) in [5.74, 6) is 0.704. The number of hydrogen-bond acceptors (Lipinski definition) is 4. The predicted octanol–water partition coefficient (Wildman–Crippen LogP) is 3.66. The summed E-state index contributed by atoms with van der Waals surface area (Å²) in [6.45, 7) is 8.94. The van der Waals surface area contributed by atoms with Gasteiger partial charge in [0.2, 0.25) is 15.9 Å². The largest absolute Gasteiger partial charge is 0.491 e. The fraction of sp³-hybridized carbons (Fsp3) is 0.435. The van der Waals surface area contributed by atoms with E-state index in [2.05, 4.69) is 5.32 Å². The molecule has 0 bridgehead atoms. The van der Waals surface area contributed by atoms with E-state index >= 15 is 0 Å². The Kier molecular flexibility index (Phi) is 8.29. The van der Waals surface area contributed by atoms with Crippen LogP contribution in [0.15, 0.2) is 36.4 Å². The molecule has 0 saturated heterocycles. The highest BCUT2D eigenvalue weighted by molar-refractivity contribution is 7.92. The summed E-state index contributed by atoms with van der Waals surface area (Å²) >= 11 is 0. The Morgan fingerprint density at radius 3 is 2.30 bits per heavy atom. The number of benzene rings is 2. The van der Waals surface area contributed by atoms with Crippen molar-refractivity contribution in [3.05, 3.63) is 58.7 Å². The molecule has 0 atom stereocenters. The van der Waals surface area contributed by atoms with E-state index in [1.165, 1.54) is 10.6 Å². The third kappa shape index (κ3) is 6.49. The molecular formula is C23H32N2O4S. The van der Waals surface area contributed by atoms with Crippen molar-refractivity contribution in [3.8, 4) is 5.75 Å². The first-order valence-electron chi connectivity index (χ1n) is 10.1. The first-order chi connectivity index (χ1) is 14.1. The molecule has 1 amide bonds. The predicted molar refractivity (Wildman–Crippen MR) is 122 cm³/mol. The van der Waals surface area contributed by atoms with E-state index in [9.17, 15) is 13.2 Å². The van der Waals surface area contributed by atoms with Gasteiger partial charge < -0.3 is 10.1 Å². The molecule has 2 aromatic rings. The molecular weight excluding hydrogens is 400 g/mol. The second kappa shape index (κ2) is 10.5. The first kappa shape index (κ1) is 23.7. The van der Waals surface area contributed by atoms with Gasteiger partial charge in [-0.3, -0.25) is 9.10 Å². The minimum Gasteiger partial charge on any atom is -0.491 e. The molecule has 0 spiro atoms. The van der Waals surface area contributed by atoms with Crippen LogP contribution in [0, 0.1) is 27.7 Å². The highest BCUT2D eigenvalue weighted by Gasteiger charge is 2.19. The van der Waals surface area contributed by atoms with Crippen LogP contribution in [0.4, 0.5) is 5.69 Å². The highest BCUT2D eigenvalue weighted by Crippen LogP contribution is 2.25. The van der Waals surface area contributed by atoms with Crippen molar-refractivity contribution >= 4 is 21.6 Å². The number of rotatable bonds is 10. The molecule has 0 aromatic heterocycles. The molecule has 2 aromatic carbocycles. The monoisotopic (exact) mass is 432 g/mol. The average molecular weight is 433 g/mol. The number of nitrogens with one attached hydrogen (secondary N) is 1. The fourth-order valence-electron chi connectivity index (χ4n) is 3.17. The smallest absolute Gasteiger partial charge is 0.232 e. The molecule has 0 fully saturated rings. The summed E-state index contributed by atoms with van der Waals surface area (Å²) in [6.07, 6.45) is 1.88. The molecule has 0 unspecified atom stereocenters. The lowest BCUT2D eigenvalue weighted by molar-refractivity contribution is -0.121. The molecule has 0 heterocycles. The van der Waals surface area contributed by atoms with Crippen molar-refractivity contribution in [3.63, 3.8) is 0 Å². The molecule has 30 heavy (non-hydrogen) atoms. The minimum absolute atomic E-state index is 0.117. The summed E-state index contributed by atoms with van der Waals surface area (Å²) in [6, 6.07) is 11.5. The van der Waals surface area contributed by atoms with E-state index in [0.717, 1.165) is 28.0 Å². The Labute approximate surface area is 180 Å². The van der Waals surface area contributed by atoms with Crippen LogP contribution in [-0.4, -0.2) is 40.3 Å². The molecule has 1 N–H and O–H groups in total. The number of ether oxygens (including phenoxy) is 1. The molecule has 164 valence electrons. The van der Waals surface area contributed by atoms with Crippen molar-refractivity contribution in [2.75, 3.05) is 30.3 Å². The van der Waals surface area contributed by atoms with Gasteiger partial charge >= 0.3 is 0 Å². The van der Waals surface area contributed by atoms with E-state index in [0.29, 0.717) is 25.3 Å². The Hall–Kier alpha value is -2.54. The van der Waals surface area contributed by atoms with Gasteiger partial charge in [-0.1, -0.05) is 24.3 Å². The summed E-state index contributed by atoms with van der Waals surface area (Å²) < 4.78 is 31.7. The summed E-state index contributed by atoms with van der Waals surface area (Å²) in [5.41, 5.74) is 4.88. The number of hydrogen-bond donors (Lipinski definition) is 1. The van der Waals surface area contributed by atoms with Crippen molar-refractivity contribution in [2.24, 2.45) is 0 Å². The van der Waals surface area contributed by atoms with Crippen LogP contribution in [0.2, 0.25) is 0 Å². The van der Waals surface area contributed by atoms with E-state index in [4.69, 9.17) is 4.74 Å². The van der Waals surface area contributed by atoms with Crippen LogP contribution >= 0.6 is 0 Å². The van der Waals surface area contributed by atoms with Crippen molar-refractivity contribution < 1.29 is 17.9 Å². The van der Waals surface area contributed by atoms with Gasteiger partial charge in [0.15, 0.2) is 0 Å². The lowest BCUT2D eigenvalue weighted by Gasteiger charge is -2.24. The summed E-state index contributed by atoms with van der Waals surface area (Å²) in [7, 11) is -3.43. The standard InChI is InChI=1S/C23H32N2O4S/c1-17-9-6-11-21(19(17)3)25(30(5,27)28)15-8-13-23(26)24-14-16-29-22-12-7-10-18(2)20(22)4/h6-7,9-12H,8,13-16H2,1-5H3,(H,24,26). The van der Waals surface area contributed by atoms with Gasteiger partial charge in [0.1, 0.15) is 12.4 Å². The van der Waals surface area contributed by atoms with Crippen LogP contribution < -0.4 is 14.4 Å². The van der Waals surface area contributed by atoms with Gasteiger partial charge in [0, 0.05) is 13.0 Å². The van der Waals surface area contributed by atoms with Gasteiger partial charge in [0.05, 0.1) is 18.5 Å². The topological polar surface area (TPSA) is 75.7 Å². The Morgan fingerprint density at radius 1 is 1.00 bits per heavy atom. The number of amides is 1.